The highest BCUT2D eigenvalue weighted by Crippen LogP contribution is 2.40. The molecular weight excluding hydrogens is 320 g/mol. The summed E-state index contributed by atoms with van der Waals surface area (Å²) in [6.45, 7) is 6.03. The van der Waals surface area contributed by atoms with Gasteiger partial charge in [0.2, 0.25) is 0 Å². The molecule has 0 unspecified atom stereocenters. The lowest BCUT2D eigenvalue weighted by atomic mass is 9.98. The van der Waals surface area contributed by atoms with E-state index in [1.165, 1.54) is 0 Å². The highest BCUT2D eigenvalue weighted by molar-refractivity contribution is 7.09. The molecule has 0 radical (unpaired) electrons. The molecule has 128 valence electrons. The number of hydrogen-bond acceptors (Lipinski definition) is 4. The smallest absolute Gasteiger partial charge is 0.258 e. The Kier molecular flexibility index (Phi) is 4.90. The van der Waals surface area contributed by atoms with Crippen LogP contribution in [0, 0.1) is 20.8 Å². The molecule has 2 aromatic rings. The zero-order chi connectivity index (χ0) is 17.2. The Morgan fingerprint density at radius 3 is 2.50 bits per heavy atom. The molecule has 1 N–H and O–H groups in total. The molecule has 0 bridgehead atoms. The number of aromatic nitrogens is 1. The summed E-state index contributed by atoms with van der Waals surface area (Å²) in [5.74, 6) is 0.727. The maximum Gasteiger partial charge on any atom is 0.258 e. The summed E-state index contributed by atoms with van der Waals surface area (Å²) in [5.41, 5.74) is 2.81. The van der Waals surface area contributed by atoms with E-state index >= 15 is 0 Å². The minimum absolute atomic E-state index is 0.0395. The molecule has 3 rings (SSSR count). The number of ether oxygens (including phenoxy) is 1. The monoisotopic (exact) mass is 344 g/mol. The van der Waals surface area contributed by atoms with E-state index in [0.717, 1.165) is 53.3 Å². The fourth-order valence-corrected chi connectivity index (χ4v) is 4.42. The molecule has 0 saturated heterocycles. The minimum Gasteiger partial charge on any atom is -0.483 e. The first-order valence-corrected chi connectivity index (χ1v) is 9.31. The first kappa shape index (κ1) is 17.0. The summed E-state index contributed by atoms with van der Waals surface area (Å²) in [6.07, 6.45) is 4.15. The van der Waals surface area contributed by atoms with Crippen molar-refractivity contribution in [2.24, 2.45) is 0 Å². The normalized spacial score (nSPS) is 16.1. The SMILES string of the molecule is Cc1csc(C2(NC(=O)COc3c(C)cccc3C)CCCC2)n1. The first-order chi connectivity index (χ1) is 11.5. The van der Waals surface area contributed by atoms with Gasteiger partial charge < -0.3 is 10.1 Å². The molecule has 4 nitrogen and oxygen atoms in total. The lowest BCUT2D eigenvalue weighted by molar-refractivity contribution is -0.125. The van der Waals surface area contributed by atoms with E-state index in [4.69, 9.17) is 4.74 Å². The van der Waals surface area contributed by atoms with Gasteiger partial charge in [-0.1, -0.05) is 31.0 Å². The van der Waals surface area contributed by atoms with Gasteiger partial charge >= 0.3 is 0 Å². The average Bonchev–Trinajstić information content (AvgIpc) is 3.17. The maximum atomic E-state index is 12.5. The molecule has 24 heavy (non-hydrogen) atoms. The minimum atomic E-state index is -0.305. The van der Waals surface area contributed by atoms with Gasteiger partial charge in [-0.25, -0.2) is 4.98 Å². The summed E-state index contributed by atoms with van der Waals surface area (Å²) in [5, 5.41) is 6.29. The van der Waals surface area contributed by atoms with Crippen LogP contribution in [0.15, 0.2) is 23.6 Å². The molecule has 1 fully saturated rings. The van der Waals surface area contributed by atoms with E-state index in [-0.39, 0.29) is 18.1 Å². The molecule has 0 spiro atoms. The molecule has 1 aliphatic rings. The van der Waals surface area contributed by atoms with Crippen LogP contribution in [0.5, 0.6) is 5.75 Å². The van der Waals surface area contributed by atoms with Gasteiger partial charge in [0.1, 0.15) is 10.8 Å². The van der Waals surface area contributed by atoms with Crippen molar-refractivity contribution in [2.75, 3.05) is 6.61 Å². The molecule has 1 aromatic carbocycles. The predicted octanol–water partition coefficient (Wildman–Crippen LogP) is 4.03. The lowest BCUT2D eigenvalue weighted by Crippen LogP contribution is -2.45. The molecule has 1 aromatic heterocycles. The largest absolute Gasteiger partial charge is 0.483 e. The molecule has 0 aliphatic heterocycles. The second-order valence-corrected chi connectivity index (χ2v) is 7.50. The Morgan fingerprint density at radius 2 is 1.92 bits per heavy atom. The number of rotatable bonds is 5. The van der Waals surface area contributed by atoms with E-state index < -0.39 is 0 Å². The van der Waals surface area contributed by atoms with Crippen LogP contribution >= 0.6 is 11.3 Å². The fraction of sp³-hybridized carbons (Fsp3) is 0.474. The van der Waals surface area contributed by atoms with Gasteiger partial charge in [-0.2, -0.15) is 0 Å². The summed E-state index contributed by atoms with van der Waals surface area (Å²) in [4.78, 5) is 17.1. The van der Waals surface area contributed by atoms with Crippen molar-refractivity contribution in [2.45, 2.75) is 52.0 Å². The van der Waals surface area contributed by atoms with Gasteiger partial charge in [-0.3, -0.25) is 4.79 Å². The van der Waals surface area contributed by atoms with Gasteiger partial charge in [0, 0.05) is 11.1 Å². The van der Waals surface area contributed by atoms with Crippen LogP contribution in [0.4, 0.5) is 0 Å². The maximum absolute atomic E-state index is 12.5. The van der Waals surface area contributed by atoms with Crippen molar-refractivity contribution >= 4 is 17.2 Å². The molecule has 1 heterocycles. The van der Waals surface area contributed by atoms with Crippen LogP contribution < -0.4 is 10.1 Å². The van der Waals surface area contributed by atoms with E-state index in [1.54, 1.807) is 11.3 Å². The van der Waals surface area contributed by atoms with Gasteiger partial charge in [0.05, 0.1) is 5.54 Å². The second kappa shape index (κ2) is 6.93. The molecule has 1 saturated carbocycles. The van der Waals surface area contributed by atoms with E-state index in [9.17, 15) is 4.79 Å². The number of amides is 1. The van der Waals surface area contributed by atoms with Crippen molar-refractivity contribution in [3.63, 3.8) is 0 Å². The number of thiazole rings is 1. The Balaban J connectivity index is 1.69. The van der Waals surface area contributed by atoms with Crippen molar-refractivity contribution in [1.82, 2.24) is 10.3 Å². The van der Waals surface area contributed by atoms with Gasteiger partial charge in [-0.05, 0) is 44.7 Å². The summed E-state index contributed by atoms with van der Waals surface area (Å²) < 4.78 is 5.80. The predicted molar refractivity (Wildman–Crippen MR) is 96.6 cm³/mol. The molecule has 0 atom stereocenters. The zero-order valence-corrected chi connectivity index (χ0v) is 15.3. The second-order valence-electron chi connectivity index (χ2n) is 6.64. The van der Waals surface area contributed by atoms with Gasteiger partial charge in [0.15, 0.2) is 6.61 Å². The lowest BCUT2D eigenvalue weighted by Gasteiger charge is -2.28. The van der Waals surface area contributed by atoms with Crippen molar-refractivity contribution in [3.8, 4) is 5.75 Å². The number of carbonyl (C=O) groups is 1. The highest BCUT2D eigenvalue weighted by Gasteiger charge is 2.39. The van der Waals surface area contributed by atoms with Crippen molar-refractivity contribution in [3.05, 3.63) is 45.4 Å². The third kappa shape index (κ3) is 3.46. The van der Waals surface area contributed by atoms with Crippen molar-refractivity contribution in [1.29, 1.82) is 0 Å². The van der Waals surface area contributed by atoms with Crippen LogP contribution in [-0.2, 0) is 10.3 Å². The number of benzene rings is 1. The summed E-state index contributed by atoms with van der Waals surface area (Å²) in [6, 6.07) is 5.99. The van der Waals surface area contributed by atoms with Crippen molar-refractivity contribution < 1.29 is 9.53 Å². The van der Waals surface area contributed by atoms with Crippen LogP contribution in [0.1, 0.15) is 47.5 Å². The average molecular weight is 344 g/mol. The number of nitrogens with zero attached hydrogens (tertiary/aromatic N) is 1. The van der Waals surface area contributed by atoms with Gasteiger partial charge in [0.25, 0.3) is 5.91 Å². The fourth-order valence-electron chi connectivity index (χ4n) is 3.41. The van der Waals surface area contributed by atoms with E-state index in [2.05, 4.69) is 15.7 Å². The third-order valence-corrected chi connectivity index (χ3v) is 5.78. The number of para-hydroxylation sites is 1. The van der Waals surface area contributed by atoms with Crippen LogP contribution in [0.2, 0.25) is 0 Å². The van der Waals surface area contributed by atoms with Crippen LogP contribution in [0.3, 0.4) is 0 Å². The van der Waals surface area contributed by atoms with E-state index in [1.807, 2.05) is 39.0 Å². The van der Waals surface area contributed by atoms with E-state index in [0.29, 0.717) is 0 Å². The number of aryl methyl sites for hydroxylation is 3. The summed E-state index contributed by atoms with van der Waals surface area (Å²) in [7, 11) is 0. The third-order valence-electron chi connectivity index (χ3n) is 4.62. The highest BCUT2D eigenvalue weighted by atomic mass is 32.1. The molecule has 1 aliphatic carbocycles. The Labute approximate surface area is 147 Å². The van der Waals surface area contributed by atoms with Crippen LogP contribution in [-0.4, -0.2) is 17.5 Å². The Morgan fingerprint density at radius 1 is 1.25 bits per heavy atom. The number of hydrogen-bond donors (Lipinski definition) is 1. The van der Waals surface area contributed by atoms with Gasteiger partial charge in [-0.15, -0.1) is 11.3 Å². The molecule has 1 amide bonds. The summed E-state index contributed by atoms with van der Waals surface area (Å²) >= 11 is 1.64. The molecule has 5 heteroatoms. The number of nitrogens with one attached hydrogen (secondary N) is 1. The zero-order valence-electron chi connectivity index (χ0n) is 14.5. The number of carbonyl (C=O) groups excluding carboxylic acids is 1. The molecular formula is C19H24N2O2S. The Hall–Kier alpha value is -1.88. The van der Waals surface area contributed by atoms with Crippen LogP contribution in [0.25, 0.3) is 0 Å². The Bertz CT molecular complexity index is 712. The quantitative estimate of drug-likeness (QED) is 0.891. The topological polar surface area (TPSA) is 51.2 Å². The first-order valence-electron chi connectivity index (χ1n) is 8.43. The standard InChI is InChI=1S/C19H24N2O2S/c1-13-7-6-8-14(2)17(13)23-11-16(22)21-19(9-4-5-10-19)18-20-15(3)12-24-18/h6-8,12H,4-5,9-11H2,1-3H3,(H,21,22).